The molecule has 0 saturated heterocycles. The van der Waals surface area contributed by atoms with Crippen molar-refractivity contribution in [2.24, 2.45) is 0 Å². The molecule has 0 radical (unpaired) electrons. The number of allylic oxidation sites excluding steroid dienone is 1. The van der Waals surface area contributed by atoms with Crippen LogP contribution in [0.3, 0.4) is 0 Å². The van der Waals surface area contributed by atoms with Gasteiger partial charge in [0, 0.05) is 5.70 Å². The Morgan fingerprint density at radius 2 is 2.22 bits per heavy atom. The molecule has 3 rings (SSSR count). The van der Waals surface area contributed by atoms with Crippen LogP contribution in [0.25, 0.3) is 0 Å². The Kier molecular flexibility index (Phi) is 5.39. The lowest BCUT2D eigenvalue weighted by Crippen LogP contribution is -2.29. The van der Waals surface area contributed by atoms with Crippen molar-refractivity contribution in [2.75, 3.05) is 25.6 Å². The molecule has 9 heteroatoms. The number of aromatic nitrogens is 4. The van der Waals surface area contributed by atoms with Gasteiger partial charge < -0.3 is 19.5 Å². The van der Waals surface area contributed by atoms with Gasteiger partial charge in [-0.2, -0.15) is 4.68 Å². The molecule has 2 heterocycles. The quantitative estimate of drug-likeness (QED) is 0.583. The smallest absolute Gasteiger partial charge is 0.338 e. The summed E-state index contributed by atoms with van der Waals surface area (Å²) in [6.45, 7) is 7.83. The highest BCUT2D eigenvalue weighted by atomic mass is 16.5. The van der Waals surface area contributed by atoms with Gasteiger partial charge in [0.2, 0.25) is 5.95 Å². The summed E-state index contributed by atoms with van der Waals surface area (Å²) in [4.78, 5) is 12.7. The van der Waals surface area contributed by atoms with Gasteiger partial charge in [-0.3, -0.25) is 0 Å². The normalized spacial score (nSPS) is 15.6. The van der Waals surface area contributed by atoms with Crippen molar-refractivity contribution in [3.8, 4) is 11.5 Å². The zero-order chi connectivity index (χ0) is 19.4. The molecule has 0 spiro atoms. The van der Waals surface area contributed by atoms with Gasteiger partial charge in [0.25, 0.3) is 0 Å². The molecule has 0 aliphatic carbocycles. The van der Waals surface area contributed by atoms with Crippen molar-refractivity contribution in [2.45, 2.75) is 19.9 Å². The summed E-state index contributed by atoms with van der Waals surface area (Å²) in [5.74, 6) is 1.14. The fraction of sp³-hybridized carbons (Fsp3) is 0.333. The van der Waals surface area contributed by atoms with Crippen molar-refractivity contribution < 1.29 is 19.0 Å². The summed E-state index contributed by atoms with van der Waals surface area (Å²) in [7, 11) is 1.57. The number of rotatable bonds is 7. The number of ether oxygens (including phenoxy) is 3. The Hall–Kier alpha value is -3.36. The van der Waals surface area contributed by atoms with Crippen LogP contribution in [-0.2, 0) is 9.53 Å². The second kappa shape index (κ2) is 7.90. The lowest BCUT2D eigenvalue weighted by molar-refractivity contribution is -0.138. The lowest BCUT2D eigenvalue weighted by atomic mass is 9.95. The Morgan fingerprint density at radius 3 is 2.93 bits per heavy atom. The van der Waals surface area contributed by atoms with E-state index in [0.717, 1.165) is 5.56 Å². The molecule has 1 N–H and O–H groups in total. The molecule has 0 bridgehead atoms. The second-order valence-corrected chi connectivity index (χ2v) is 5.74. The summed E-state index contributed by atoms with van der Waals surface area (Å²) in [6, 6.07) is 4.88. The average molecular weight is 371 g/mol. The fourth-order valence-electron chi connectivity index (χ4n) is 2.93. The minimum absolute atomic E-state index is 0.109. The van der Waals surface area contributed by atoms with E-state index in [1.54, 1.807) is 20.1 Å². The van der Waals surface area contributed by atoms with Crippen LogP contribution in [0.2, 0.25) is 0 Å². The topological polar surface area (TPSA) is 100 Å². The van der Waals surface area contributed by atoms with Crippen LogP contribution in [0.15, 0.2) is 42.1 Å². The molecular formula is C18H21N5O4. The van der Waals surface area contributed by atoms with Crippen LogP contribution in [0.5, 0.6) is 11.5 Å². The van der Waals surface area contributed by atoms with E-state index in [4.69, 9.17) is 14.2 Å². The van der Waals surface area contributed by atoms with Crippen LogP contribution in [0.4, 0.5) is 5.95 Å². The maximum absolute atomic E-state index is 12.7. The largest absolute Gasteiger partial charge is 0.493 e. The van der Waals surface area contributed by atoms with E-state index < -0.39 is 12.0 Å². The van der Waals surface area contributed by atoms with Gasteiger partial charge >= 0.3 is 5.97 Å². The first-order valence-corrected chi connectivity index (χ1v) is 8.45. The predicted octanol–water partition coefficient (Wildman–Crippen LogP) is 2.10. The number of fused-ring (bicyclic) bond motifs is 1. The number of carbonyl (C=O) groups excluding carboxylic acids is 1. The first-order chi connectivity index (χ1) is 13.1. The molecule has 142 valence electrons. The van der Waals surface area contributed by atoms with Crippen LogP contribution >= 0.6 is 0 Å². The number of esters is 1. The number of tetrazole rings is 1. The van der Waals surface area contributed by atoms with Crippen LogP contribution < -0.4 is 14.8 Å². The van der Waals surface area contributed by atoms with E-state index in [-0.39, 0.29) is 6.61 Å². The Labute approximate surface area is 156 Å². The SMILES string of the molecule is C=CCOC(=O)C1=C(C)Nc2nnnn2C1c1ccc(OC)c(OCC)c1. The van der Waals surface area contributed by atoms with Crippen molar-refractivity contribution in [3.05, 3.63) is 47.7 Å². The summed E-state index contributed by atoms with van der Waals surface area (Å²) in [5.41, 5.74) is 1.79. The monoisotopic (exact) mass is 371 g/mol. The molecule has 27 heavy (non-hydrogen) atoms. The minimum Gasteiger partial charge on any atom is -0.493 e. The molecule has 1 unspecified atom stereocenters. The Bertz CT molecular complexity index is 890. The highest BCUT2D eigenvalue weighted by Crippen LogP contribution is 2.38. The van der Waals surface area contributed by atoms with Crippen LogP contribution in [0.1, 0.15) is 25.5 Å². The van der Waals surface area contributed by atoms with Crippen molar-refractivity contribution >= 4 is 11.9 Å². The predicted molar refractivity (Wildman–Crippen MR) is 97.6 cm³/mol. The van der Waals surface area contributed by atoms with Crippen molar-refractivity contribution in [3.63, 3.8) is 0 Å². The fourth-order valence-corrected chi connectivity index (χ4v) is 2.93. The van der Waals surface area contributed by atoms with Gasteiger partial charge in [-0.1, -0.05) is 23.8 Å². The molecule has 1 atom stereocenters. The van der Waals surface area contributed by atoms with Gasteiger partial charge in [0.05, 0.1) is 19.3 Å². The summed E-state index contributed by atoms with van der Waals surface area (Å²) in [5, 5.41) is 14.7. The maximum atomic E-state index is 12.7. The molecular weight excluding hydrogens is 350 g/mol. The molecule has 1 aliphatic rings. The van der Waals surface area contributed by atoms with Crippen LogP contribution in [0, 0.1) is 0 Å². The molecule has 0 saturated carbocycles. The summed E-state index contributed by atoms with van der Waals surface area (Å²) >= 11 is 0. The molecule has 9 nitrogen and oxygen atoms in total. The van der Waals surface area contributed by atoms with Gasteiger partial charge in [-0.15, -0.1) is 0 Å². The second-order valence-electron chi connectivity index (χ2n) is 5.74. The van der Waals surface area contributed by atoms with E-state index >= 15 is 0 Å². The molecule has 0 fully saturated rings. The number of nitrogens with one attached hydrogen (secondary N) is 1. The first kappa shape index (κ1) is 18.4. The minimum atomic E-state index is -0.571. The zero-order valence-corrected chi connectivity index (χ0v) is 15.4. The Balaban J connectivity index is 2.11. The molecule has 1 aliphatic heterocycles. The van der Waals surface area contributed by atoms with E-state index in [0.29, 0.717) is 35.3 Å². The van der Waals surface area contributed by atoms with Crippen molar-refractivity contribution in [1.82, 2.24) is 20.2 Å². The number of anilines is 1. The number of benzene rings is 1. The van der Waals surface area contributed by atoms with E-state index in [1.807, 2.05) is 19.1 Å². The molecule has 0 amide bonds. The number of methoxy groups -OCH3 is 1. The first-order valence-electron chi connectivity index (χ1n) is 8.45. The van der Waals surface area contributed by atoms with Gasteiger partial charge in [0.1, 0.15) is 12.6 Å². The van der Waals surface area contributed by atoms with E-state index in [2.05, 4.69) is 27.4 Å². The third-order valence-corrected chi connectivity index (χ3v) is 4.07. The highest BCUT2D eigenvalue weighted by Gasteiger charge is 2.35. The molecule has 2 aromatic rings. The summed E-state index contributed by atoms with van der Waals surface area (Å²) in [6.07, 6.45) is 1.52. The maximum Gasteiger partial charge on any atom is 0.338 e. The third-order valence-electron chi connectivity index (χ3n) is 4.07. The number of carbonyl (C=O) groups is 1. The van der Waals surface area contributed by atoms with Gasteiger partial charge in [-0.25, -0.2) is 4.79 Å². The number of nitrogens with zero attached hydrogens (tertiary/aromatic N) is 4. The standard InChI is InChI=1S/C18H21N5O4/c1-5-9-27-17(24)15-11(3)19-18-20-21-22-23(18)16(15)12-7-8-13(25-4)14(10-12)26-6-2/h5,7-8,10,16H,1,6,9H2,2-4H3,(H,19,20,22). The average Bonchev–Trinajstić information content (AvgIpc) is 3.13. The molecule has 1 aromatic carbocycles. The number of hydrogen-bond donors (Lipinski definition) is 1. The Morgan fingerprint density at radius 1 is 1.41 bits per heavy atom. The van der Waals surface area contributed by atoms with Gasteiger partial charge in [0.15, 0.2) is 11.5 Å². The van der Waals surface area contributed by atoms with Crippen LogP contribution in [-0.4, -0.2) is 46.5 Å². The van der Waals surface area contributed by atoms with Gasteiger partial charge in [-0.05, 0) is 42.0 Å². The van der Waals surface area contributed by atoms with E-state index in [9.17, 15) is 4.79 Å². The summed E-state index contributed by atoms with van der Waals surface area (Å²) < 4.78 is 17.8. The van der Waals surface area contributed by atoms with Crippen molar-refractivity contribution in [1.29, 1.82) is 0 Å². The molecule has 1 aromatic heterocycles. The van der Waals surface area contributed by atoms with E-state index in [1.165, 1.54) is 10.8 Å². The zero-order valence-electron chi connectivity index (χ0n) is 15.4. The highest BCUT2D eigenvalue weighted by molar-refractivity contribution is 5.92. The third kappa shape index (κ3) is 3.48. The number of hydrogen-bond acceptors (Lipinski definition) is 8. The lowest BCUT2D eigenvalue weighted by Gasteiger charge is -2.27.